The van der Waals surface area contributed by atoms with Crippen molar-refractivity contribution in [1.29, 1.82) is 0 Å². The van der Waals surface area contributed by atoms with Crippen LogP contribution in [-0.4, -0.2) is 25.9 Å². The van der Waals surface area contributed by atoms with Gasteiger partial charge in [-0.25, -0.2) is 0 Å². The average Bonchev–Trinajstić information content (AvgIpc) is 3.11. The molecule has 0 unspecified atom stereocenters. The minimum absolute atomic E-state index is 0.0544. The first-order valence-electron chi connectivity index (χ1n) is 9.12. The van der Waals surface area contributed by atoms with Gasteiger partial charge in [-0.2, -0.15) is 15.0 Å². The SMILES string of the molecule is Cc1ccccc1Nc1nc(N)nc(COC(=O)Cc2c[nH]c3ccccc23)n1. The molecule has 2 heterocycles. The third kappa shape index (κ3) is 4.32. The molecular formula is C21H20N6O2. The van der Waals surface area contributed by atoms with Crippen molar-refractivity contribution >= 4 is 34.5 Å². The number of nitrogens with zero attached hydrogens (tertiary/aromatic N) is 3. The number of rotatable bonds is 6. The Balaban J connectivity index is 1.42. The van der Waals surface area contributed by atoms with Gasteiger partial charge in [0.05, 0.1) is 6.42 Å². The van der Waals surface area contributed by atoms with Crippen molar-refractivity contribution in [3.8, 4) is 0 Å². The number of nitrogen functional groups attached to an aromatic ring is 1. The van der Waals surface area contributed by atoms with Gasteiger partial charge in [-0.15, -0.1) is 0 Å². The van der Waals surface area contributed by atoms with E-state index in [1.165, 1.54) is 0 Å². The summed E-state index contributed by atoms with van der Waals surface area (Å²) in [7, 11) is 0. The number of aryl methyl sites for hydroxylation is 1. The van der Waals surface area contributed by atoms with E-state index in [1.54, 1.807) is 0 Å². The number of ether oxygens (including phenoxy) is 1. The summed E-state index contributed by atoms with van der Waals surface area (Å²) in [5.74, 6) is 0.260. The quantitative estimate of drug-likeness (QED) is 0.434. The molecule has 4 aromatic rings. The molecule has 0 spiro atoms. The number of benzene rings is 2. The highest BCUT2D eigenvalue weighted by Crippen LogP contribution is 2.19. The van der Waals surface area contributed by atoms with Crippen LogP contribution < -0.4 is 11.1 Å². The van der Waals surface area contributed by atoms with Crippen molar-refractivity contribution in [3.05, 3.63) is 71.7 Å². The van der Waals surface area contributed by atoms with Gasteiger partial charge in [-0.1, -0.05) is 36.4 Å². The summed E-state index contributed by atoms with van der Waals surface area (Å²) in [5.41, 5.74) is 9.54. The molecule has 0 saturated heterocycles. The standard InChI is InChI=1S/C21H20N6O2/c1-13-6-2-4-8-16(13)24-21-26-18(25-20(22)27-21)12-29-19(28)10-14-11-23-17-9-5-3-7-15(14)17/h2-9,11,23H,10,12H2,1H3,(H3,22,24,25,26,27). The molecule has 29 heavy (non-hydrogen) atoms. The number of anilines is 3. The topological polar surface area (TPSA) is 119 Å². The van der Waals surface area contributed by atoms with Crippen LogP contribution in [0.5, 0.6) is 0 Å². The number of nitrogens with one attached hydrogen (secondary N) is 2. The van der Waals surface area contributed by atoms with E-state index in [4.69, 9.17) is 10.5 Å². The summed E-state index contributed by atoms with van der Waals surface area (Å²) in [4.78, 5) is 27.9. The second-order valence-electron chi connectivity index (χ2n) is 6.57. The molecule has 0 atom stereocenters. The van der Waals surface area contributed by atoms with Gasteiger partial charge in [0.1, 0.15) is 0 Å². The molecule has 0 aliphatic carbocycles. The number of para-hydroxylation sites is 2. The van der Waals surface area contributed by atoms with E-state index in [1.807, 2.05) is 61.7 Å². The van der Waals surface area contributed by atoms with Crippen molar-refractivity contribution in [3.63, 3.8) is 0 Å². The lowest BCUT2D eigenvalue weighted by Gasteiger charge is -2.09. The molecular weight excluding hydrogens is 368 g/mol. The molecule has 4 N–H and O–H groups in total. The van der Waals surface area contributed by atoms with Crippen LogP contribution in [0.25, 0.3) is 10.9 Å². The van der Waals surface area contributed by atoms with Crippen molar-refractivity contribution in [2.24, 2.45) is 0 Å². The molecule has 4 rings (SSSR count). The highest BCUT2D eigenvalue weighted by Gasteiger charge is 2.12. The molecule has 0 radical (unpaired) electrons. The normalized spacial score (nSPS) is 10.8. The van der Waals surface area contributed by atoms with Gasteiger partial charge in [0, 0.05) is 22.8 Å². The van der Waals surface area contributed by atoms with E-state index >= 15 is 0 Å². The zero-order valence-corrected chi connectivity index (χ0v) is 15.8. The number of esters is 1. The second kappa shape index (κ2) is 7.97. The zero-order valence-electron chi connectivity index (χ0n) is 15.8. The fraction of sp³-hybridized carbons (Fsp3) is 0.143. The van der Waals surface area contributed by atoms with Crippen LogP contribution in [-0.2, 0) is 22.6 Å². The van der Waals surface area contributed by atoms with Gasteiger partial charge in [0.25, 0.3) is 0 Å². The Morgan fingerprint density at radius 3 is 2.76 bits per heavy atom. The Bertz CT molecular complexity index is 1170. The van der Waals surface area contributed by atoms with E-state index in [2.05, 4.69) is 25.3 Å². The fourth-order valence-electron chi connectivity index (χ4n) is 3.02. The van der Waals surface area contributed by atoms with Crippen molar-refractivity contribution in [1.82, 2.24) is 19.9 Å². The van der Waals surface area contributed by atoms with Gasteiger partial charge < -0.3 is 20.8 Å². The van der Waals surface area contributed by atoms with E-state index in [0.717, 1.165) is 27.7 Å². The van der Waals surface area contributed by atoms with E-state index < -0.39 is 0 Å². The number of nitrogens with two attached hydrogens (primary N) is 1. The summed E-state index contributed by atoms with van der Waals surface area (Å²) in [6.07, 6.45) is 1.97. The Morgan fingerprint density at radius 1 is 1.10 bits per heavy atom. The van der Waals surface area contributed by atoms with Crippen LogP contribution >= 0.6 is 0 Å². The highest BCUT2D eigenvalue weighted by atomic mass is 16.5. The number of carbonyl (C=O) groups is 1. The number of fused-ring (bicyclic) bond motifs is 1. The highest BCUT2D eigenvalue weighted by molar-refractivity contribution is 5.87. The Labute approximate surface area is 167 Å². The second-order valence-corrected chi connectivity index (χ2v) is 6.57. The Kier molecular flexibility index (Phi) is 5.07. The maximum absolute atomic E-state index is 12.3. The van der Waals surface area contributed by atoms with Crippen LogP contribution in [0.3, 0.4) is 0 Å². The Hall–Kier alpha value is -3.94. The molecule has 0 aliphatic rings. The summed E-state index contributed by atoms with van der Waals surface area (Å²) < 4.78 is 5.35. The van der Waals surface area contributed by atoms with Crippen LogP contribution in [0, 0.1) is 6.92 Å². The van der Waals surface area contributed by atoms with E-state index in [9.17, 15) is 4.79 Å². The third-order valence-corrected chi connectivity index (χ3v) is 4.46. The summed E-state index contributed by atoms with van der Waals surface area (Å²) >= 11 is 0. The van der Waals surface area contributed by atoms with Crippen molar-refractivity contribution in [2.75, 3.05) is 11.1 Å². The van der Waals surface area contributed by atoms with Gasteiger partial charge in [-0.05, 0) is 30.2 Å². The minimum atomic E-state index is -0.373. The number of hydrogen-bond acceptors (Lipinski definition) is 7. The monoisotopic (exact) mass is 388 g/mol. The van der Waals surface area contributed by atoms with Crippen LogP contribution in [0.4, 0.5) is 17.6 Å². The number of aromatic amines is 1. The molecule has 2 aromatic carbocycles. The van der Waals surface area contributed by atoms with Crippen molar-refractivity contribution < 1.29 is 9.53 Å². The lowest BCUT2D eigenvalue weighted by atomic mass is 10.1. The molecule has 0 saturated carbocycles. The zero-order chi connectivity index (χ0) is 20.2. The first kappa shape index (κ1) is 18.4. The van der Waals surface area contributed by atoms with Crippen LogP contribution in [0.1, 0.15) is 17.0 Å². The average molecular weight is 388 g/mol. The number of hydrogen-bond donors (Lipinski definition) is 3. The smallest absolute Gasteiger partial charge is 0.310 e. The minimum Gasteiger partial charge on any atom is -0.457 e. The van der Waals surface area contributed by atoms with E-state index in [-0.39, 0.29) is 30.8 Å². The Morgan fingerprint density at radius 2 is 1.90 bits per heavy atom. The summed E-state index contributed by atoms with van der Waals surface area (Å²) in [6, 6.07) is 15.5. The van der Waals surface area contributed by atoms with E-state index in [0.29, 0.717) is 5.95 Å². The van der Waals surface area contributed by atoms with Crippen LogP contribution in [0.2, 0.25) is 0 Å². The van der Waals surface area contributed by atoms with Gasteiger partial charge in [-0.3, -0.25) is 4.79 Å². The number of H-pyrrole nitrogens is 1. The molecule has 0 bridgehead atoms. The summed E-state index contributed by atoms with van der Waals surface area (Å²) in [5, 5.41) is 4.11. The number of aromatic nitrogens is 4. The summed E-state index contributed by atoms with van der Waals surface area (Å²) in [6.45, 7) is 1.89. The molecule has 0 aliphatic heterocycles. The van der Waals surface area contributed by atoms with Crippen molar-refractivity contribution in [2.45, 2.75) is 20.0 Å². The van der Waals surface area contributed by atoms with Crippen LogP contribution in [0.15, 0.2) is 54.7 Å². The molecule has 0 fully saturated rings. The van der Waals surface area contributed by atoms with Gasteiger partial charge in [0.2, 0.25) is 11.9 Å². The number of carbonyl (C=O) groups excluding carboxylic acids is 1. The molecule has 0 amide bonds. The molecule has 8 heteroatoms. The predicted octanol–water partition coefficient (Wildman–Crippen LogP) is 3.27. The first-order chi connectivity index (χ1) is 14.1. The predicted molar refractivity (Wildman–Crippen MR) is 110 cm³/mol. The molecule has 146 valence electrons. The molecule has 2 aromatic heterocycles. The lowest BCUT2D eigenvalue weighted by Crippen LogP contribution is -2.12. The van der Waals surface area contributed by atoms with Gasteiger partial charge in [0.15, 0.2) is 12.4 Å². The first-order valence-corrected chi connectivity index (χ1v) is 9.12. The lowest BCUT2D eigenvalue weighted by molar-refractivity contribution is -0.144. The largest absolute Gasteiger partial charge is 0.457 e. The maximum Gasteiger partial charge on any atom is 0.310 e. The molecule has 8 nitrogen and oxygen atoms in total. The van der Waals surface area contributed by atoms with Gasteiger partial charge >= 0.3 is 5.97 Å². The fourth-order valence-corrected chi connectivity index (χ4v) is 3.02. The third-order valence-electron chi connectivity index (χ3n) is 4.46. The maximum atomic E-state index is 12.3.